The topological polar surface area (TPSA) is 158 Å². The highest BCUT2D eigenvalue weighted by atomic mass is 19.1. The van der Waals surface area contributed by atoms with Gasteiger partial charge in [-0.15, -0.1) is 0 Å². The van der Waals surface area contributed by atoms with E-state index >= 15 is 0 Å². The van der Waals surface area contributed by atoms with Crippen molar-refractivity contribution < 1.29 is 13.6 Å². The Kier molecular flexibility index (Phi) is 6.93. The number of furan rings is 1. The van der Waals surface area contributed by atoms with E-state index in [1.165, 1.54) is 10.6 Å². The summed E-state index contributed by atoms with van der Waals surface area (Å²) in [6.07, 6.45) is 1.57. The molecule has 214 valence electrons. The van der Waals surface area contributed by atoms with Crippen LogP contribution in [-0.4, -0.2) is 80.4 Å². The summed E-state index contributed by atoms with van der Waals surface area (Å²) >= 11 is 0. The van der Waals surface area contributed by atoms with Gasteiger partial charge in [0, 0.05) is 65.0 Å². The van der Waals surface area contributed by atoms with Crippen molar-refractivity contribution in [3.63, 3.8) is 0 Å². The van der Waals surface area contributed by atoms with E-state index in [1.807, 2.05) is 11.0 Å². The van der Waals surface area contributed by atoms with E-state index in [0.717, 1.165) is 0 Å². The first-order valence-electron chi connectivity index (χ1n) is 13.4. The van der Waals surface area contributed by atoms with E-state index in [9.17, 15) is 14.0 Å². The van der Waals surface area contributed by atoms with Crippen molar-refractivity contribution in [3.05, 3.63) is 64.5 Å². The summed E-state index contributed by atoms with van der Waals surface area (Å²) in [7, 11) is 1.71. The molecule has 6 rings (SSSR count). The largest absolute Gasteiger partial charge is 0.463 e. The molecular weight excluding hydrogens is 531 g/mol. The van der Waals surface area contributed by atoms with Gasteiger partial charge in [-0.25, -0.2) is 9.18 Å². The number of nitrogens with two attached hydrogens (primary N) is 2. The van der Waals surface area contributed by atoms with Gasteiger partial charge in [0.15, 0.2) is 11.4 Å². The summed E-state index contributed by atoms with van der Waals surface area (Å²) in [5.74, 6) is -0.0272. The number of anilines is 2. The minimum absolute atomic E-state index is 0.170. The first-order valence-corrected chi connectivity index (χ1v) is 13.4. The number of imidazole rings is 1. The van der Waals surface area contributed by atoms with Crippen LogP contribution in [0.1, 0.15) is 10.4 Å². The molecule has 14 heteroatoms. The van der Waals surface area contributed by atoms with Gasteiger partial charge in [0.05, 0.1) is 17.5 Å². The van der Waals surface area contributed by atoms with Crippen LogP contribution in [0.5, 0.6) is 0 Å². The molecule has 1 saturated heterocycles. The zero-order valence-electron chi connectivity index (χ0n) is 22.6. The normalized spacial score (nSPS) is 14.4. The molecule has 5 aromatic rings. The monoisotopic (exact) mass is 562 g/mol. The highest BCUT2D eigenvalue weighted by Crippen LogP contribution is 2.26. The third-order valence-corrected chi connectivity index (χ3v) is 7.48. The van der Waals surface area contributed by atoms with Gasteiger partial charge in [-0.2, -0.15) is 14.6 Å². The summed E-state index contributed by atoms with van der Waals surface area (Å²) < 4.78 is 25.1. The second-order valence-electron chi connectivity index (χ2n) is 9.98. The summed E-state index contributed by atoms with van der Waals surface area (Å²) in [6, 6.07) is 9.94. The Morgan fingerprint density at radius 1 is 1.15 bits per heavy atom. The molecule has 0 radical (unpaired) electrons. The van der Waals surface area contributed by atoms with Crippen molar-refractivity contribution in [3.8, 4) is 11.5 Å². The third-order valence-electron chi connectivity index (χ3n) is 7.48. The van der Waals surface area contributed by atoms with E-state index in [4.69, 9.17) is 15.9 Å². The number of piperazine rings is 1. The molecule has 1 aromatic carbocycles. The molecule has 5 heterocycles. The molecule has 1 amide bonds. The third kappa shape index (κ3) is 4.80. The lowest BCUT2D eigenvalue weighted by molar-refractivity contribution is 0.0954. The number of halogens is 1. The van der Waals surface area contributed by atoms with Crippen LogP contribution in [0.25, 0.3) is 28.1 Å². The van der Waals surface area contributed by atoms with E-state index in [-0.39, 0.29) is 23.1 Å². The lowest BCUT2D eigenvalue weighted by Gasteiger charge is -2.36. The van der Waals surface area contributed by atoms with Crippen molar-refractivity contribution >= 4 is 34.2 Å². The zero-order valence-corrected chi connectivity index (χ0v) is 22.6. The number of amides is 1. The molecular formula is C27H31FN10O3. The molecule has 0 aliphatic carbocycles. The second kappa shape index (κ2) is 10.7. The van der Waals surface area contributed by atoms with Crippen LogP contribution in [0.4, 0.5) is 16.0 Å². The van der Waals surface area contributed by atoms with Crippen molar-refractivity contribution in [2.75, 3.05) is 56.4 Å². The maximum atomic E-state index is 14.9. The highest BCUT2D eigenvalue weighted by Gasteiger charge is 2.23. The van der Waals surface area contributed by atoms with Crippen LogP contribution in [0, 0.1) is 5.82 Å². The number of nitrogens with one attached hydrogen (secondary N) is 1. The van der Waals surface area contributed by atoms with Gasteiger partial charge in [0.25, 0.3) is 5.91 Å². The lowest BCUT2D eigenvalue weighted by atomic mass is 10.1. The fourth-order valence-electron chi connectivity index (χ4n) is 5.32. The molecule has 0 saturated carbocycles. The van der Waals surface area contributed by atoms with Gasteiger partial charge in [0.1, 0.15) is 17.0 Å². The van der Waals surface area contributed by atoms with Gasteiger partial charge < -0.3 is 26.1 Å². The minimum atomic E-state index is -0.439. The Bertz CT molecular complexity index is 1780. The predicted octanol–water partition coefficient (Wildman–Crippen LogP) is 0.875. The molecule has 0 spiro atoms. The molecule has 1 aliphatic rings. The van der Waals surface area contributed by atoms with Crippen LogP contribution in [0.15, 0.2) is 51.9 Å². The van der Waals surface area contributed by atoms with Gasteiger partial charge >= 0.3 is 5.69 Å². The summed E-state index contributed by atoms with van der Waals surface area (Å²) in [4.78, 5) is 34.1. The Morgan fingerprint density at radius 2 is 1.95 bits per heavy atom. The number of rotatable bonds is 8. The molecule has 0 unspecified atom stereocenters. The van der Waals surface area contributed by atoms with Gasteiger partial charge in [-0.1, -0.05) is 0 Å². The quantitative estimate of drug-likeness (QED) is 0.250. The predicted molar refractivity (Wildman–Crippen MR) is 152 cm³/mol. The van der Waals surface area contributed by atoms with Crippen LogP contribution in [0.3, 0.4) is 0 Å². The lowest BCUT2D eigenvalue weighted by Crippen LogP contribution is -2.47. The number of aromatic nitrogens is 5. The van der Waals surface area contributed by atoms with E-state index in [0.29, 0.717) is 86.2 Å². The van der Waals surface area contributed by atoms with Crippen molar-refractivity contribution in [2.45, 2.75) is 6.54 Å². The number of carbonyl (C=O) groups excluding carboxylic acids is 1. The molecule has 0 atom stereocenters. The van der Waals surface area contributed by atoms with Crippen LogP contribution < -0.4 is 27.4 Å². The first-order chi connectivity index (χ1) is 19.9. The van der Waals surface area contributed by atoms with Crippen LogP contribution in [0.2, 0.25) is 0 Å². The van der Waals surface area contributed by atoms with Gasteiger partial charge in [-0.3, -0.25) is 18.8 Å². The number of nitrogens with zero attached hydrogens (tertiary/aromatic N) is 7. The number of benzene rings is 1. The Morgan fingerprint density at radius 3 is 2.66 bits per heavy atom. The van der Waals surface area contributed by atoms with Gasteiger partial charge in [-0.05, 0) is 36.4 Å². The molecule has 13 nitrogen and oxygen atoms in total. The smallest absolute Gasteiger partial charge is 0.330 e. The molecule has 41 heavy (non-hydrogen) atoms. The van der Waals surface area contributed by atoms with Crippen molar-refractivity contribution in [2.24, 2.45) is 12.8 Å². The maximum absolute atomic E-state index is 14.9. The molecule has 1 fully saturated rings. The van der Waals surface area contributed by atoms with Crippen LogP contribution in [-0.2, 0) is 13.6 Å². The van der Waals surface area contributed by atoms with Gasteiger partial charge in [0.2, 0.25) is 5.95 Å². The number of aryl methyl sites for hydroxylation is 1. The summed E-state index contributed by atoms with van der Waals surface area (Å²) in [6.45, 7) is 4.27. The SMILES string of the molecule is Cn1c(=O)n(CCN2CCN(c3ccc(C(=O)NCCN)cc3F)CC2)c2nc(N)n3nc(-c4ccco4)cc3c21. The molecule has 5 N–H and O–H groups in total. The highest BCUT2D eigenvalue weighted by molar-refractivity contribution is 5.94. The van der Waals surface area contributed by atoms with Crippen LogP contribution >= 0.6 is 0 Å². The molecule has 4 aromatic heterocycles. The average Bonchev–Trinajstić information content (AvgIpc) is 3.71. The Labute approximate surface area is 233 Å². The fraction of sp³-hybridized carbons (Fsp3) is 0.333. The summed E-state index contributed by atoms with van der Waals surface area (Å²) in [5, 5.41) is 7.16. The fourth-order valence-corrected chi connectivity index (χ4v) is 5.32. The standard InChI is InChI=1S/C27H31FN10O3/c1-34-23-21-16-19(22-3-2-14-41-22)33-38(21)26(30)32-24(23)37(27(34)40)13-10-35-8-11-36(12-9-35)20-5-4-17(15-18(20)28)25(39)31-7-6-29/h2-5,14-16H,6-13,29H2,1H3,(H2,30,32)(H,31,39). The maximum Gasteiger partial charge on any atom is 0.330 e. The number of nitrogen functional groups attached to an aromatic ring is 1. The van der Waals surface area contributed by atoms with Crippen molar-refractivity contribution in [1.29, 1.82) is 0 Å². The number of hydrogen-bond acceptors (Lipinski definition) is 9. The Balaban J connectivity index is 1.16. The molecule has 0 bridgehead atoms. The first kappa shape index (κ1) is 26.5. The average molecular weight is 563 g/mol. The Hall–Kier alpha value is -4.69. The van der Waals surface area contributed by atoms with E-state index in [1.54, 1.807) is 46.7 Å². The molecule has 1 aliphatic heterocycles. The number of hydrogen-bond donors (Lipinski definition) is 3. The van der Waals surface area contributed by atoms with E-state index < -0.39 is 5.82 Å². The van der Waals surface area contributed by atoms with E-state index in [2.05, 4.69) is 20.3 Å². The number of carbonyl (C=O) groups is 1. The van der Waals surface area contributed by atoms with Crippen molar-refractivity contribution in [1.82, 2.24) is 33.9 Å². The summed E-state index contributed by atoms with van der Waals surface area (Å²) in [5.41, 5.74) is 14.6. The second-order valence-corrected chi connectivity index (χ2v) is 9.98. The number of fused-ring (bicyclic) bond motifs is 3. The zero-order chi connectivity index (χ0) is 28.7. The minimum Gasteiger partial charge on any atom is -0.463 e.